The van der Waals surface area contributed by atoms with E-state index in [-0.39, 0.29) is 29.9 Å². The summed E-state index contributed by atoms with van der Waals surface area (Å²) in [6.07, 6.45) is 3.01. The lowest BCUT2D eigenvalue weighted by Gasteiger charge is -2.14. The van der Waals surface area contributed by atoms with E-state index in [1.54, 1.807) is 0 Å². The fraction of sp³-hybridized carbons (Fsp3) is 0.357. The van der Waals surface area contributed by atoms with Gasteiger partial charge in [0.15, 0.2) is 6.61 Å². The Hall–Kier alpha value is -1.30. The van der Waals surface area contributed by atoms with Crippen LogP contribution < -0.4 is 15.4 Å². The Bertz CT molecular complexity index is 524. The van der Waals surface area contributed by atoms with Gasteiger partial charge in [-0.15, -0.1) is 12.4 Å². The predicted molar refractivity (Wildman–Crippen MR) is 82.7 cm³/mol. The van der Waals surface area contributed by atoms with E-state index in [1.807, 2.05) is 0 Å². The van der Waals surface area contributed by atoms with E-state index in [2.05, 4.69) is 16.7 Å². The Balaban J connectivity index is 0.00000220. The third kappa shape index (κ3) is 5.91. The lowest BCUT2D eigenvalue weighted by atomic mass is 10.1. The highest BCUT2D eigenvalue weighted by atomic mass is 35.5. The molecular formula is C14H17Cl2FN2O2. The second-order valence-electron chi connectivity index (χ2n) is 4.46. The highest BCUT2D eigenvalue weighted by molar-refractivity contribution is 6.32. The first-order valence-electron chi connectivity index (χ1n) is 6.38. The lowest BCUT2D eigenvalue weighted by Crippen LogP contribution is -2.32. The van der Waals surface area contributed by atoms with Crippen LogP contribution in [-0.2, 0) is 4.79 Å². The molecule has 4 nitrogen and oxygen atoms in total. The van der Waals surface area contributed by atoms with Crippen molar-refractivity contribution in [2.45, 2.75) is 6.42 Å². The van der Waals surface area contributed by atoms with Gasteiger partial charge in [-0.25, -0.2) is 4.39 Å². The van der Waals surface area contributed by atoms with Crippen molar-refractivity contribution in [3.05, 3.63) is 40.7 Å². The summed E-state index contributed by atoms with van der Waals surface area (Å²) in [5, 5.41) is 6.13. The molecule has 1 aliphatic heterocycles. The summed E-state index contributed by atoms with van der Waals surface area (Å²) in [5.74, 6) is -0.376. The molecule has 1 aromatic carbocycles. The second kappa shape index (κ2) is 8.87. The van der Waals surface area contributed by atoms with Crippen LogP contribution in [0.2, 0.25) is 5.02 Å². The van der Waals surface area contributed by atoms with Gasteiger partial charge < -0.3 is 15.4 Å². The normalized spacial score (nSPS) is 13.9. The molecule has 0 fully saturated rings. The maximum absolute atomic E-state index is 12.8. The molecule has 1 heterocycles. The fourth-order valence-electron chi connectivity index (χ4n) is 1.83. The third-order valence-electron chi connectivity index (χ3n) is 2.92. The maximum Gasteiger partial charge on any atom is 0.258 e. The highest BCUT2D eigenvalue weighted by Crippen LogP contribution is 2.24. The van der Waals surface area contributed by atoms with Crippen LogP contribution in [0.4, 0.5) is 4.39 Å². The third-order valence-corrected chi connectivity index (χ3v) is 3.22. The molecule has 1 amide bonds. The van der Waals surface area contributed by atoms with Gasteiger partial charge in [0.25, 0.3) is 5.91 Å². The Morgan fingerprint density at radius 3 is 2.95 bits per heavy atom. The van der Waals surface area contributed by atoms with Gasteiger partial charge in [0.2, 0.25) is 0 Å². The molecule has 0 aromatic heterocycles. The molecule has 116 valence electrons. The molecule has 0 atom stereocenters. The quantitative estimate of drug-likeness (QED) is 0.812. The summed E-state index contributed by atoms with van der Waals surface area (Å²) in [6.45, 7) is 2.16. The minimum absolute atomic E-state index is 0. The standard InChI is InChI=1S/C14H16ClFN2O2.ClH/c15-12-7-11(16)1-2-13(12)20-9-14(19)18-8-10-3-5-17-6-4-10;/h1-3,7,17H,4-6,8-9H2,(H,18,19);1H. The van der Waals surface area contributed by atoms with Gasteiger partial charge in [-0.2, -0.15) is 0 Å². The van der Waals surface area contributed by atoms with E-state index >= 15 is 0 Å². The first kappa shape index (κ1) is 17.8. The fourth-order valence-corrected chi connectivity index (χ4v) is 2.05. The molecular weight excluding hydrogens is 318 g/mol. The van der Waals surface area contributed by atoms with E-state index in [1.165, 1.54) is 17.7 Å². The number of carbonyl (C=O) groups is 1. The van der Waals surface area contributed by atoms with Gasteiger partial charge in [0.05, 0.1) is 5.02 Å². The molecule has 7 heteroatoms. The van der Waals surface area contributed by atoms with Gasteiger partial charge in [0, 0.05) is 13.1 Å². The Kier molecular flexibility index (Phi) is 7.50. The van der Waals surface area contributed by atoms with Crippen molar-refractivity contribution in [1.82, 2.24) is 10.6 Å². The van der Waals surface area contributed by atoms with Crippen molar-refractivity contribution < 1.29 is 13.9 Å². The SMILES string of the molecule is Cl.O=C(COc1ccc(F)cc1Cl)NCC1=CCNCC1. The summed E-state index contributed by atoms with van der Waals surface area (Å²) in [4.78, 5) is 11.6. The van der Waals surface area contributed by atoms with Crippen molar-refractivity contribution >= 4 is 29.9 Å². The van der Waals surface area contributed by atoms with Crippen LogP contribution in [-0.4, -0.2) is 32.1 Å². The Morgan fingerprint density at radius 1 is 1.48 bits per heavy atom. The van der Waals surface area contributed by atoms with Crippen LogP contribution >= 0.6 is 24.0 Å². The number of carbonyl (C=O) groups excluding carboxylic acids is 1. The molecule has 0 bridgehead atoms. The van der Waals surface area contributed by atoms with E-state index in [4.69, 9.17) is 16.3 Å². The number of hydrogen-bond acceptors (Lipinski definition) is 3. The van der Waals surface area contributed by atoms with Crippen LogP contribution in [0.15, 0.2) is 29.8 Å². The highest BCUT2D eigenvalue weighted by Gasteiger charge is 2.08. The number of amides is 1. The zero-order valence-electron chi connectivity index (χ0n) is 11.3. The molecule has 0 unspecified atom stereocenters. The van der Waals surface area contributed by atoms with Crippen molar-refractivity contribution in [2.24, 2.45) is 0 Å². The molecule has 1 aromatic rings. The molecule has 0 radical (unpaired) electrons. The van der Waals surface area contributed by atoms with E-state index < -0.39 is 5.82 Å². The Labute approximate surface area is 134 Å². The number of halogens is 3. The molecule has 0 saturated carbocycles. The van der Waals surface area contributed by atoms with Crippen LogP contribution in [0.25, 0.3) is 0 Å². The van der Waals surface area contributed by atoms with Gasteiger partial charge in [-0.1, -0.05) is 23.3 Å². The van der Waals surface area contributed by atoms with Crippen LogP contribution in [0.3, 0.4) is 0 Å². The molecule has 0 saturated heterocycles. The van der Waals surface area contributed by atoms with E-state index in [0.717, 1.165) is 25.6 Å². The molecule has 21 heavy (non-hydrogen) atoms. The number of rotatable bonds is 5. The summed E-state index contributed by atoms with van der Waals surface area (Å²) in [7, 11) is 0. The molecule has 2 N–H and O–H groups in total. The summed E-state index contributed by atoms with van der Waals surface area (Å²) in [5.41, 5.74) is 1.21. The predicted octanol–water partition coefficient (Wildman–Crippen LogP) is 2.32. The first-order valence-corrected chi connectivity index (χ1v) is 6.76. The smallest absolute Gasteiger partial charge is 0.258 e. The number of ether oxygens (including phenoxy) is 1. The largest absolute Gasteiger partial charge is 0.482 e. The lowest BCUT2D eigenvalue weighted by molar-refractivity contribution is -0.122. The van der Waals surface area contributed by atoms with Crippen LogP contribution in [0.1, 0.15) is 6.42 Å². The van der Waals surface area contributed by atoms with Crippen molar-refractivity contribution in [2.75, 3.05) is 26.2 Å². The zero-order valence-corrected chi connectivity index (χ0v) is 12.9. The Morgan fingerprint density at radius 2 is 2.29 bits per heavy atom. The van der Waals surface area contributed by atoms with Crippen molar-refractivity contribution in [1.29, 1.82) is 0 Å². The maximum atomic E-state index is 12.8. The van der Waals surface area contributed by atoms with E-state index in [0.29, 0.717) is 12.3 Å². The molecule has 2 rings (SSSR count). The average Bonchev–Trinajstić information content (AvgIpc) is 2.45. The van der Waals surface area contributed by atoms with Gasteiger partial charge in [-0.3, -0.25) is 4.79 Å². The molecule has 1 aliphatic rings. The summed E-state index contributed by atoms with van der Waals surface area (Å²) < 4.78 is 18.1. The van der Waals surface area contributed by atoms with Gasteiger partial charge in [0.1, 0.15) is 11.6 Å². The van der Waals surface area contributed by atoms with Gasteiger partial charge in [-0.05, 0) is 31.2 Å². The number of benzene rings is 1. The van der Waals surface area contributed by atoms with Crippen molar-refractivity contribution in [3.8, 4) is 5.75 Å². The monoisotopic (exact) mass is 334 g/mol. The topological polar surface area (TPSA) is 50.4 Å². The van der Waals surface area contributed by atoms with Crippen LogP contribution in [0.5, 0.6) is 5.75 Å². The first-order chi connectivity index (χ1) is 9.65. The van der Waals surface area contributed by atoms with Crippen LogP contribution in [0, 0.1) is 5.82 Å². The minimum atomic E-state index is -0.440. The average molecular weight is 335 g/mol. The van der Waals surface area contributed by atoms with Crippen molar-refractivity contribution in [3.63, 3.8) is 0 Å². The van der Waals surface area contributed by atoms with Gasteiger partial charge >= 0.3 is 0 Å². The number of hydrogen-bond donors (Lipinski definition) is 2. The summed E-state index contributed by atoms with van der Waals surface area (Å²) >= 11 is 5.80. The summed E-state index contributed by atoms with van der Waals surface area (Å²) in [6, 6.07) is 3.79. The number of nitrogens with one attached hydrogen (secondary N) is 2. The molecule has 0 aliphatic carbocycles. The zero-order chi connectivity index (χ0) is 14.4. The second-order valence-corrected chi connectivity index (χ2v) is 4.86. The minimum Gasteiger partial charge on any atom is -0.482 e. The van der Waals surface area contributed by atoms with E-state index in [9.17, 15) is 9.18 Å². The molecule has 0 spiro atoms.